The number of hydroxylamine groups is 1. The van der Waals surface area contributed by atoms with E-state index in [1.54, 1.807) is 19.1 Å². The Labute approximate surface area is 87.2 Å². The molecule has 0 aliphatic carbocycles. The number of carbonyl (C=O) groups excluding carboxylic acids is 1. The molecule has 0 bridgehead atoms. The van der Waals surface area contributed by atoms with Crippen LogP contribution < -0.4 is 11.2 Å². The van der Waals surface area contributed by atoms with Gasteiger partial charge in [-0.25, -0.2) is 4.39 Å². The first-order chi connectivity index (χ1) is 7.09. The van der Waals surface area contributed by atoms with Crippen LogP contribution in [0.3, 0.4) is 0 Å². The molecule has 0 fully saturated rings. The summed E-state index contributed by atoms with van der Waals surface area (Å²) in [7, 11) is 0. The summed E-state index contributed by atoms with van der Waals surface area (Å²) in [6.45, 7) is 1.81. The molecule has 1 rings (SSSR count). The summed E-state index contributed by atoms with van der Waals surface area (Å²) in [6, 6.07) is 4.87. The smallest absolute Gasteiger partial charge is 0.245 e. The lowest BCUT2D eigenvalue weighted by Gasteiger charge is -2.05. The van der Waals surface area contributed by atoms with Crippen LogP contribution in [0.4, 0.5) is 4.39 Å². The van der Waals surface area contributed by atoms with Gasteiger partial charge in [0.2, 0.25) is 5.91 Å². The molecule has 0 spiro atoms. The van der Waals surface area contributed by atoms with E-state index in [-0.39, 0.29) is 12.4 Å². The van der Waals surface area contributed by atoms with Crippen LogP contribution in [0.15, 0.2) is 18.2 Å². The Morgan fingerprint density at radius 3 is 2.93 bits per heavy atom. The number of amides is 1. The zero-order valence-corrected chi connectivity index (χ0v) is 8.42. The lowest BCUT2D eigenvalue weighted by molar-refractivity contribution is -0.125. The van der Waals surface area contributed by atoms with E-state index in [2.05, 4.69) is 5.48 Å². The average molecular weight is 212 g/mol. The van der Waals surface area contributed by atoms with Gasteiger partial charge in [-0.1, -0.05) is 12.1 Å². The van der Waals surface area contributed by atoms with Gasteiger partial charge in [0.1, 0.15) is 12.4 Å². The maximum atomic E-state index is 13.1. The SMILES string of the molecule is Cc1ccc(CNOCC(N)=O)cc1F. The number of rotatable bonds is 5. The van der Waals surface area contributed by atoms with Crippen molar-refractivity contribution in [2.75, 3.05) is 6.61 Å². The number of nitrogens with one attached hydrogen (secondary N) is 1. The van der Waals surface area contributed by atoms with E-state index in [4.69, 9.17) is 10.6 Å². The number of hydrogen-bond acceptors (Lipinski definition) is 3. The van der Waals surface area contributed by atoms with Gasteiger partial charge in [-0.05, 0) is 24.1 Å². The highest BCUT2D eigenvalue weighted by Gasteiger charge is 1.99. The second-order valence-corrected chi connectivity index (χ2v) is 3.16. The van der Waals surface area contributed by atoms with Crippen LogP contribution in [-0.2, 0) is 16.2 Å². The summed E-state index contributed by atoms with van der Waals surface area (Å²) in [4.78, 5) is 15.0. The van der Waals surface area contributed by atoms with Crippen LogP contribution in [0.2, 0.25) is 0 Å². The normalized spacial score (nSPS) is 10.3. The van der Waals surface area contributed by atoms with Crippen molar-refractivity contribution in [3.05, 3.63) is 35.1 Å². The Bertz CT molecular complexity index is 355. The molecule has 0 aliphatic rings. The highest BCUT2D eigenvalue weighted by atomic mass is 19.1. The predicted molar refractivity (Wildman–Crippen MR) is 53.1 cm³/mol. The largest absolute Gasteiger partial charge is 0.368 e. The molecule has 0 heterocycles. The third-order valence-corrected chi connectivity index (χ3v) is 1.83. The lowest BCUT2D eigenvalue weighted by atomic mass is 10.1. The van der Waals surface area contributed by atoms with Crippen molar-refractivity contribution >= 4 is 5.91 Å². The molecule has 0 radical (unpaired) electrons. The fourth-order valence-electron chi connectivity index (χ4n) is 1.00. The van der Waals surface area contributed by atoms with Crippen molar-refractivity contribution in [3.8, 4) is 0 Å². The molecule has 0 aliphatic heterocycles. The monoisotopic (exact) mass is 212 g/mol. The Kier molecular flexibility index (Phi) is 4.20. The number of nitrogens with two attached hydrogens (primary N) is 1. The maximum Gasteiger partial charge on any atom is 0.245 e. The van der Waals surface area contributed by atoms with E-state index in [0.29, 0.717) is 12.1 Å². The Morgan fingerprint density at radius 2 is 2.33 bits per heavy atom. The standard InChI is InChI=1S/C10H13FN2O2/c1-7-2-3-8(4-9(7)11)5-13-15-6-10(12)14/h2-4,13H,5-6H2,1H3,(H2,12,14). The Balaban J connectivity index is 2.38. The van der Waals surface area contributed by atoms with Gasteiger partial charge in [0.25, 0.3) is 0 Å². The van der Waals surface area contributed by atoms with Crippen LogP contribution in [0, 0.1) is 12.7 Å². The van der Waals surface area contributed by atoms with Crippen LogP contribution in [0.25, 0.3) is 0 Å². The molecule has 1 amide bonds. The fraction of sp³-hybridized carbons (Fsp3) is 0.300. The summed E-state index contributed by atoms with van der Waals surface area (Å²) in [6.07, 6.45) is 0. The van der Waals surface area contributed by atoms with Crippen molar-refractivity contribution < 1.29 is 14.0 Å². The molecule has 15 heavy (non-hydrogen) atoms. The van der Waals surface area contributed by atoms with Gasteiger partial charge in [0.05, 0.1) is 0 Å². The van der Waals surface area contributed by atoms with Gasteiger partial charge in [0.15, 0.2) is 0 Å². The first kappa shape index (κ1) is 11.6. The Morgan fingerprint density at radius 1 is 1.60 bits per heavy atom. The van der Waals surface area contributed by atoms with Crippen LogP contribution >= 0.6 is 0 Å². The number of hydrogen-bond donors (Lipinski definition) is 2. The van der Waals surface area contributed by atoms with Gasteiger partial charge < -0.3 is 5.73 Å². The summed E-state index contributed by atoms with van der Waals surface area (Å²) < 4.78 is 13.1. The third kappa shape index (κ3) is 4.05. The van der Waals surface area contributed by atoms with E-state index >= 15 is 0 Å². The minimum Gasteiger partial charge on any atom is -0.368 e. The topological polar surface area (TPSA) is 64.3 Å². The van der Waals surface area contributed by atoms with Crippen molar-refractivity contribution in [2.45, 2.75) is 13.5 Å². The first-order valence-electron chi connectivity index (χ1n) is 4.47. The molecule has 3 N–H and O–H groups in total. The highest BCUT2D eigenvalue weighted by Crippen LogP contribution is 2.08. The highest BCUT2D eigenvalue weighted by molar-refractivity contribution is 5.74. The summed E-state index contributed by atoms with van der Waals surface area (Å²) in [5, 5.41) is 0. The van der Waals surface area contributed by atoms with Gasteiger partial charge in [-0.2, -0.15) is 5.48 Å². The summed E-state index contributed by atoms with van der Waals surface area (Å²) in [5.74, 6) is -0.818. The molecular weight excluding hydrogens is 199 g/mol. The maximum absolute atomic E-state index is 13.1. The predicted octanol–water partition coefficient (Wildman–Crippen LogP) is 0.641. The van der Waals surface area contributed by atoms with Gasteiger partial charge >= 0.3 is 0 Å². The average Bonchev–Trinajstić information content (AvgIpc) is 2.18. The molecule has 1 aromatic rings. The number of primary amides is 1. The quantitative estimate of drug-likeness (QED) is 0.556. The number of benzene rings is 1. The zero-order valence-electron chi connectivity index (χ0n) is 8.42. The van der Waals surface area contributed by atoms with E-state index in [1.165, 1.54) is 6.07 Å². The van der Waals surface area contributed by atoms with E-state index in [9.17, 15) is 9.18 Å². The van der Waals surface area contributed by atoms with Crippen molar-refractivity contribution in [1.82, 2.24) is 5.48 Å². The first-order valence-corrected chi connectivity index (χ1v) is 4.47. The number of halogens is 1. The fourth-order valence-corrected chi connectivity index (χ4v) is 1.00. The molecule has 0 unspecified atom stereocenters. The lowest BCUT2D eigenvalue weighted by Crippen LogP contribution is -2.24. The second kappa shape index (κ2) is 5.43. The number of aryl methyl sites for hydroxylation is 1. The molecule has 0 atom stereocenters. The van der Waals surface area contributed by atoms with Crippen LogP contribution in [-0.4, -0.2) is 12.5 Å². The van der Waals surface area contributed by atoms with Gasteiger partial charge in [-0.3, -0.25) is 9.63 Å². The van der Waals surface area contributed by atoms with Gasteiger partial charge in [-0.15, -0.1) is 0 Å². The van der Waals surface area contributed by atoms with E-state index in [1.807, 2.05) is 0 Å². The molecule has 1 aromatic carbocycles. The Hall–Kier alpha value is -1.46. The minimum absolute atomic E-state index is 0.200. The molecule has 0 aromatic heterocycles. The molecule has 0 saturated heterocycles. The van der Waals surface area contributed by atoms with Crippen molar-refractivity contribution in [3.63, 3.8) is 0 Å². The van der Waals surface area contributed by atoms with Crippen molar-refractivity contribution in [1.29, 1.82) is 0 Å². The van der Waals surface area contributed by atoms with E-state index in [0.717, 1.165) is 5.56 Å². The van der Waals surface area contributed by atoms with Gasteiger partial charge in [0, 0.05) is 6.54 Å². The molecule has 5 heteroatoms. The van der Waals surface area contributed by atoms with Crippen molar-refractivity contribution in [2.24, 2.45) is 5.73 Å². The summed E-state index contributed by atoms with van der Waals surface area (Å²) in [5.41, 5.74) is 8.70. The molecule has 0 saturated carbocycles. The number of carbonyl (C=O) groups is 1. The molecule has 82 valence electrons. The minimum atomic E-state index is -0.558. The van der Waals surface area contributed by atoms with Crippen LogP contribution in [0.1, 0.15) is 11.1 Å². The zero-order chi connectivity index (χ0) is 11.3. The molecular formula is C10H13FN2O2. The van der Waals surface area contributed by atoms with Crippen LogP contribution in [0.5, 0.6) is 0 Å². The summed E-state index contributed by atoms with van der Waals surface area (Å²) >= 11 is 0. The molecule has 4 nitrogen and oxygen atoms in total. The second-order valence-electron chi connectivity index (χ2n) is 3.16. The van der Waals surface area contributed by atoms with E-state index < -0.39 is 5.91 Å². The third-order valence-electron chi connectivity index (χ3n) is 1.83.